The van der Waals surface area contributed by atoms with E-state index in [1.165, 1.54) is 24.3 Å². The first kappa shape index (κ1) is 29.5. The summed E-state index contributed by atoms with van der Waals surface area (Å²) < 4.78 is 33.3. The lowest BCUT2D eigenvalue weighted by Crippen LogP contribution is -2.33. The Hall–Kier alpha value is -3.94. The summed E-state index contributed by atoms with van der Waals surface area (Å²) in [5.74, 6) is 0.112. The number of methoxy groups -OCH3 is 1. The van der Waals surface area contributed by atoms with Gasteiger partial charge in [0.05, 0.1) is 51.8 Å². The number of aromatic hydroxyl groups is 2. The fourth-order valence-electron chi connectivity index (χ4n) is 4.88. The van der Waals surface area contributed by atoms with Crippen molar-refractivity contribution in [2.24, 2.45) is 0 Å². The molecule has 0 unspecified atom stereocenters. The van der Waals surface area contributed by atoms with Gasteiger partial charge in [-0.05, 0) is 48.6 Å². The standard InChI is InChI=1S/C30H32N2O9S/c1-36-10-11-38-14-15-39-13-12-37-9-8-31-29(42)32-19-2-5-23-22(16-19)28(35)41-30(23)24-6-3-20(33)17-26(24)40-27-18-21(34)4-7-25(27)30/h2-7,16-18,33-34H,8-15H2,1H3,(H2,31,32,42). The molecular weight excluding hydrogens is 564 g/mol. The van der Waals surface area contributed by atoms with Crippen molar-refractivity contribution in [2.75, 3.05) is 65.2 Å². The zero-order valence-electron chi connectivity index (χ0n) is 23.0. The molecule has 42 heavy (non-hydrogen) atoms. The van der Waals surface area contributed by atoms with E-state index in [1.807, 2.05) is 0 Å². The summed E-state index contributed by atoms with van der Waals surface area (Å²) in [6.07, 6.45) is 0. The van der Waals surface area contributed by atoms with Gasteiger partial charge in [0.1, 0.15) is 23.0 Å². The second-order valence-corrected chi connectivity index (χ2v) is 9.91. The summed E-state index contributed by atoms with van der Waals surface area (Å²) >= 11 is 5.41. The first-order valence-electron chi connectivity index (χ1n) is 13.4. The van der Waals surface area contributed by atoms with Crippen LogP contribution in [0.2, 0.25) is 0 Å². The van der Waals surface area contributed by atoms with Gasteiger partial charge in [-0.3, -0.25) is 0 Å². The van der Waals surface area contributed by atoms with E-state index in [-0.39, 0.29) is 11.5 Å². The third-order valence-corrected chi connectivity index (χ3v) is 6.99. The fraction of sp³-hybridized carbons (Fsp3) is 0.333. The Balaban J connectivity index is 1.19. The second kappa shape index (κ2) is 13.4. The average molecular weight is 597 g/mol. The Kier molecular flexibility index (Phi) is 9.40. The van der Waals surface area contributed by atoms with E-state index in [1.54, 1.807) is 37.4 Å². The molecule has 0 saturated heterocycles. The van der Waals surface area contributed by atoms with Crippen LogP contribution in [0.4, 0.5) is 5.69 Å². The quantitative estimate of drug-likeness (QED) is 0.130. The number of phenolic OH excluding ortho intramolecular Hbond substituents is 2. The molecule has 2 heterocycles. The molecular formula is C30H32N2O9S. The molecule has 0 atom stereocenters. The first-order valence-corrected chi connectivity index (χ1v) is 13.8. The van der Waals surface area contributed by atoms with Crippen LogP contribution in [-0.2, 0) is 29.3 Å². The molecule has 0 aliphatic carbocycles. The smallest absolute Gasteiger partial charge is 0.340 e. The summed E-state index contributed by atoms with van der Waals surface area (Å²) in [7, 11) is 1.63. The summed E-state index contributed by atoms with van der Waals surface area (Å²) in [6.45, 7) is 3.94. The highest BCUT2D eigenvalue weighted by molar-refractivity contribution is 7.80. The van der Waals surface area contributed by atoms with E-state index in [9.17, 15) is 15.0 Å². The Labute approximate surface area is 248 Å². The molecule has 3 aromatic rings. The Morgan fingerprint density at radius 2 is 1.38 bits per heavy atom. The number of carbonyl (C=O) groups excluding carboxylic acids is 1. The number of phenols is 2. The van der Waals surface area contributed by atoms with Crippen LogP contribution in [0, 0.1) is 0 Å². The molecule has 0 bridgehead atoms. The first-order chi connectivity index (χ1) is 20.4. The number of thiocarbonyl (C=S) groups is 1. The molecule has 4 N–H and O–H groups in total. The van der Waals surface area contributed by atoms with Gasteiger partial charge in [-0.1, -0.05) is 6.07 Å². The van der Waals surface area contributed by atoms with Gasteiger partial charge in [0.15, 0.2) is 10.7 Å². The number of hydrogen-bond acceptors (Lipinski definition) is 10. The predicted octanol–water partition coefficient (Wildman–Crippen LogP) is 3.65. The Bertz CT molecular complexity index is 1400. The Morgan fingerprint density at radius 1 is 0.810 bits per heavy atom. The van der Waals surface area contributed by atoms with Gasteiger partial charge < -0.3 is 49.3 Å². The lowest BCUT2D eigenvalue weighted by molar-refractivity contribution is 0.00440. The van der Waals surface area contributed by atoms with Crippen molar-refractivity contribution >= 4 is 29.0 Å². The normalized spacial score (nSPS) is 14.0. The molecule has 3 aromatic carbocycles. The van der Waals surface area contributed by atoms with Gasteiger partial charge in [0.25, 0.3) is 0 Å². The van der Waals surface area contributed by atoms with Gasteiger partial charge in [-0.2, -0.15) is 0 Å². The monoisotopic (exact) mass is 596 g/mol. The van der Waals surface area contributed by atoms with E-state index in [0.717, 1.165) is 0 Å². The third kappa shape index (κ3) is 6.27. The van der Waals surface area contributed by atoms with Crippen molar-refractivity contribution in [3.8, 4) is 23.0 Å². The lowest BCUT2D eigenvalue weighted by atomic mass is 9.77. The van der Waals surface area contributed by atoms with Gasteiger partial charge in [-0.15, -0.1) is 0 Å². The van der Waals surface area contributed by atoms with Crippen LogP contribution in [-0.4, -0.2) is 81.2 Å². The predicted molar refractivity (Wildman–Crippen MR) is 157 cm³/mol. The summed E-state index contributed by atoms with van der Waals surface area (Å²) in [5.41, 5.74) is 1.37. The second-order valence-electron chi connectivity index (χ2n) is 9.50. The topological polar surface area (TPSA) is 137 Å². The molecule has 2 aliphatic heterocycles. The largest absolute Gasteiger partial charge is 0.508 e. The molecule has 222 valence electrons. The summed E-state index contributed by atoms with van der Waals surface area (Å²) in [5, 5.41) is 26.7. The number of anilines is 1. The molecule has 0 saturated carbocycles. The maximum Gasteiger partial charge on any atom is 0.340 e. The van der Waals surface area contributed by atoms with Crippen LogP contribution in [0.1, 0.15) is 27.0 Å². The highest BCUT2D eigenvalue weighted by Gasteiger charge is 2.53. The molecule has 0 fully saturated rings. The minimum atomic E-state index is -1.31. The van der Waals surface area contributed by atoms with E-state index in [0.29, 0.717) is 97.3 Å². The van der Waals surface area contributed by atoms with Crippen molar-refractivity contribution in [3.63, 3.8) is 0 Å². The zero-order valence-corrected chi connectivity index (χ0v) is 23.8. The molecule has 2 aliphatic rings. The molecule has 1 spiro atoms. The fourth-order valence-corrected chi connectivity index (χ4v) is 5.10. The summed E-state index contributed by atoms with van der Waals surface area (Å²) in [6, 6.07) is 14.6. The van der Waals surface area contributed by atoms with Crippen LogP contribution in [0.3, 0.4) is 0 Å². The number of carbonyl (C=O) groups is 1. The van der Waals surface area contributed by atoms with Crippen LogP contribution in [0.25, 0.3) is 0 Å². The minimum absolute atomic E-state index is 0.00383. The van der Waals surface area contributed by atoms with Gasteiger partial charge in [0, 0.05) is 48.2 Å². The maximum absolute atomic E-state index is 13.3. The van der Waals surface area contributed by atoms with E-state index >= 15 is 0 Å². The van der Waals surface area contributed by atoms with Crippen LogP contribution < -0.4 is 15.4 Å². The number of nitrogens with one attached hydrogen (secondary N) is 2. The highest BCUT2D eigenvalue weighted by Crippen LogP contribution is 2.57. The van der Waals surface area contributed by atoms with E-state index < -0.39 is 11.6 Å². The number of ether oxygens (including phenoxy) is 6. The lowest BCUT2D eigenvalue weighted by Gasteiger charge is -2.36. The van der Waals surface area contributed by atoms with Crippen LogP contribution >= 0.6 is 12.2 Å². The molecule has 12 heteroatoms. The highest BCUT2D eigenvalue weighted by atomic mass is 32.1. The van der Waals surface area contributed by atoms with Crippen molar-refractivity contribution in [3.05, 3.63) is 76.9 Å². The van der Waals surface area contributed by atoms with Gasteiger partial charge in [-0.25, -0.2) is 4.79 Å². The van der Waals surface area contributed by atoms with Crippen LogP contribution in [0.5, 0.6) is 23.0 Å². The molecule has 0 amide bonds. The molecule has 5 rings (SSSR count). The molecule has 0 aromatic heterocycles. The molecule has 0 radical (unpaired) electrons. The number of hydrogen-bond donors (Lipinski definition) is 4. The van der Waals surface area contributed by atoms with Crippen molar-refractivity contribution in [2.45, 2.75) is 5.60 Å². The maximum atomic E-state index is 13.3. The van der Waals surface area contributed by atoms with Crippen molar-refractivity contribution in [1.29, 1.82) is 0 Å². The average Bonchev–Trinajstić information content (AvgIpc) is 3.25. The Morgan fingerprint density at radius 3 is 2.00 bits per heavy atom. The SMILES string of the molecule is COCCOCCOCCOCCNC(=S)Nc1ccc2c(c1)C(=O)OC21c2ccc(O)cc2Oc2cc(O)ccc21. The van der Waals surface area contributed by atoms with Gasteiger partial charge >= 0.3 is 5.97 Å². The van der Waals surface area contributed by atoms with Crippen molar-refractivity contribution < 1.29 is 43.4 Å². The van der Waals surface area contributed by atoms with Crippen molar-refractivity contribution in [1.82, 2.24) is 5.32 Å². The molecule has 11 nitrogen and oxygen atoms in total. The zero-order chi connectivity index (χ0) is 29.5. The number of benzene rings is 3. The number of fused-ring (bicyclic) bond motifs is 6. The number of esters is 1. The summed E-state index contributed by atoms with van der Waals surface area (Å²) in [4.78, 5) is 13.3. The van der Waals surface area contributed by atoms with E-state index in [2.05, 4.69) is 10.6 Å². The van der Waals surface area contributed by atoms with Crippen LogP contribution in [0.15, 0.2) is 54.6 Å². The van der Waals surface area contributed by atoms with E-state index in [4.69, 9.17) is 40.6 Å². The number of rotatable bonds is 13. The minimum Gasteiger partial charge on any atom is -0.508 e. The van der Waals surface area contributed by atoms with Gasteiger partial charge in [0.2, 0.25) is 0 Å². The third-order valence-electron chi connectivity index (χ3n) is 6.74.